The molecule has 5 rings (SSSR count). The lowest BCUT2D eigenvalue weighted by molar-refractivity contribution is -0.123. The minimum Gasteiger partial charge on any atom is -0.365 e. The second kappa shape index (κ2) is 6.34. The van der Waals surface area contributed by atoms with Crippen LogP contribution in [0.5, 0.6) is 0 Å². The molecule has 2 N–H and O–H groups in total. The van der Waals surface area contributed by atoms with Crippen LogP contribution in [-0.4, -0.2) is 37.0 Å². The van der Waals surface area contributed by atoms with E-state index in [-0.39, 0.29) is 5.91 Å². The first kappa shape index (κ1) is 17.7. The fraction of sp³-hybridized carbons (Fsp3) is 0.318. The van der Waals surface area contributed by atoms with Crippen molar-refractivity contribution in [2.24, 2.45) is 0 Å². The average molecular weight is 390 g/mol. The van der Waals surface area contributed by atoms with E-state index in [1.807, 2.05) is 23.1 Å². The molecule has 2 aliphatic heterocycles. The number of carbonyl (C=O) groups excluding carboxylic acids is 3. The molecule has 7 nitrogen and oxygen atoms in total. The molecular weight excluding hydrogens is 368 g/mol. The molecule has 0 spiro atoms. The third kappa shape index (κ3) is 2.85. The molecule has 1 aliphatic carbocycles. The van der Waals surface area contributed by atoms with Crippen molar-refractivity contribution >= 4 is 29.2 Å². The Labute approximate surface area is 168 Å². The molecule has 0 bridgehead atoms. The molecule has 1 saturated heterocycles. The van der Waals surface area contributed by atoms with Gasteiger partial charge in [0.1, 0.15) is 5.54 Å². The van der Waals surface area contributed by atoms with Gasteiger partial charge in [-0.25, -0.2) is 4.79 Å². The summed E-state index contributed by atoms with van der Waals surface area (Å²) in [5, 5.41) is 4.90. The van der Waals surface area contributed by atoms with Crippen molar-refractivity contribution in [3.8, 4) is 0 Å². The van der Waals surface area contributed by atoms with Crippen LogP contribution in [0.2, 0.25) is 0 Å². The third-order valence-corrected chi connectivity index (χ3v) is 6.03. The number of benzene rings is 2. The van der Waals surface area contributed by atoms with Gasteiger partial charge in [-0.2, -0.15) is 0 Å². The second-order valence-electron chi connectivity index (χ2n) is 7.98. The van der Waals surface area contributed by atoms with Gasteiger partial charge in [0.2, 0.25) is 0 Å². The Kier molecular flexibility index (Phi) is 3.87. The van der Waals surface area contributed by atoms with Crippen molar-refractivity contribution < 1.29 is 14.4 Å². The molecule has 148 valence electrons. The average Bonchev–Trinajstić information content (AvgIpc) is 3.53. The SMILES string of the molecule is CC1(c2ccc(C(=O)N3CCN(C4CC4)c4ccccc43)cc2)NC(=O)NC1=O. The molecule has 2 fully saturated rings. The maximum Gasteiger partial charge on any atom is 0.322 e. The van der Waals surface area contributed by atoms with Crippen LogP contribution in [0.4, 0.5) is 16.2 Å². The number of hydrogen-bond acceptors (Lipinski definition) is 4. The number of amides is 4. The van der Waals surface area contributed by atoms with E-state index in [9.17, 15) is 14.4 Å². The van der Waals surface area contributed by atoms with Crippen molar-refractivity contribution in [1.82, 2.24) is 10.6 Å². The number of hydrogen-bond donors (Lipinski definition) is 2. The van der Waals surface area contributed by atoms with Crippen LogP contribution in [0.15, 0.2) is 48.5 Å². The Balaban J connectivity index is 1.42. The smallest absolute Gasteiger partial charge is 0.322 e. The highest BCUT2D eigenvalue weighted by Crippen LogP contribution is 2.40. The van der Waals surface area contributed by atoms with E-state index in [2.05, 4.69) is 21.6 Å². The number of carbonyl (C=O) groups is 3. The molecule has 4 amide bonds. The molecule has 0 radical (unpaired) electrons. The lowest BCUT2D eigenvalue weighted by Crippen LogP contribution is -2.45. The van der Waals surface area contributed by atoms with Gasteiger partial charge < -0.3 is 15.1 Å². The van der Waals surface area contributed by atoms with Crippen molar-refractivity contribution in [3.05, 3.63) is 59.7 Å². The van der Waals surface area contributed by atoms with Gasteiger partial charge in [-0.05, 0) is 49.6 Å². The van der Waals surface area contributed by atoms with Crippen LogP contribution >= 0.6 is 0 Å². The summed E-state index contributed by atoms with van der Waals surface area (Å²) < 4.78 is 0. The molecule has 1 unspecified atom stereocenters. The van der Waals surface area contributed by atoms with Gasteiger partial charge in [0, 0.05) is 24.7 Å². The number of imide groups is 1. The highest BCUT2D eigenvalue weighted by atomic mass is 16.2. The van der Waals surface area contributed by atoms with Crippen LogP contribution in [0.3, 0.4) is 0 Å². The minimum absolute atomic E-state index is 0.0653. The van der Waals surface area contributed by atoms with E-state index >= 15 is 0 Å². The molecule has 2 aromatic rings. The normalized spacial score (nSPS) is 23.5. The summed E-state index contributed by atoms with van der Waals surface area (Å²) in [6.07, 6.45) is 2.43. The summed E-state index contributed by atoms with van der Waals surface area (Å²) >= 11 is 0. The predicted molar refractivity (Wildman–Crippen MR) is 109 cm³/mol. The molecule has 1 atom stereocenters. The Morgan fingerprint density at radius 3 is 2.31 bits per heavy atom. The minimum atomic E-state index is -1.12. The van der Waals surface area contributed by atoms with Crippen LogP contribution < -0.4 is 20.4 Å². The highest BCUT2D eigenvalue weighted by Gasteiger charge is 2.43. The Hall–Kier alpha value is -3.35. The summed E-state index contributed by atoms with van der Waals surface area (Å²) in [6, 6.07) is 15.0. The van der Waals surface area contributed by atoms with Gasteiger partial charge >= 0.3 is 6.03 Å². The van der Waals surface area contributed by atoms with Gasteiger partial charge in [0.25, 0.3) is 11.8 Å². The van der Waals surface area contributed by atoms with Gasteiger partial charge in [0.15, 0.2) is 0 Å². The van der Waals surface area contributed by atoms with Crippen molar-refractivity contribution in [3.63, 3.8) is 0 Å². The molecule has 2 aromatic carbocycles. The monoisotopic (exact) mass is 390 g/mol. The number of nitrogens with zero attached hydrogens (tertiary/aromatic N) is 2. The van der Waals surface area contributed by atoms with Gasteiger partial charge in [-0.15, -0.1) is 0 Å². The number of urea groups is 1. The molecule has 0 aromatic heterocycles. The molecule has 1 saturated carbocycles. The summed E-state index contributed by atoms with van der Waals surface area (Å²) in [4.78, 5) is 41.1. The number of anilines is 2. The van der Waals surface area contributed by atoms with Crippen molar-refractivity contribution in [2.75, 3.05) is 22.9 Å². The first-order valence-corrected chi connectivity index (χ1v) is 9.89. The van der Waals surface area contributed by atoms with Gasteiger partial charge in [-0.1, -0.05) is 24.3 Å². The Bertz CT molecular complexity index is 1010. The van der Waals surface area contributed by atoms with E-state index in [1.54, 1.807) is 31.2 Å². The standard InChI is InChI=1S/C22H22N4O3/c1-22(20(28)23-21(29)24-22)15-8-6-14(7-9-15)19(27)26-13-12-25(16-10-11-16)17-4-2-3-5-18(17)26/h2-9,16H,10-13H2,1H3,(H2,23,24,28,29). The zero-order valence-electron chi connectivity index (χ0n) is 16.1. The number of fused-ring (bicyclic) bond motifs is 1. The molecule has 29 heavy (non-hydrogen) atoms. The van der Waals surface area contributed by atoms with Gasteiger partial charge in [-0.3, -0.25) is 14.9 Å². The van der Waals surface area contributed by atoms with Crippen molar-refractivity contribution in [2.45, 2.75) is 31.3 Å². The number of nitrogens with one attached hydrogen (secondary N) is 2. The lowest BCUT2D eigenvalue weighted by Gasteiger charge is -2.38. The van der Waals surface area contributed by atoms with Crippen LogP contribution in [0.1, 0.15) is 35.7 Å². The highest BCUT2D eigenvalue weighted by molar-refractivity contribution is 6.09. The first-order chi connectivity index (χ1) is 14.0. The number of rotatable bonds is 3. The molecule has 7 heteroatoms. The fourth-order valence-corrected chi connectivity index (χ4v) is 4.21. The maximum atomic E-state index is 13.2. The molecule has 2 heterocycles. The molecule has 3 aliphatic rings. The van der Waals surface area contributed by atoms with E-state index in [0.717, 1.165) is 17.9 Å². The first-order valence-electron chi connectivity index (χ1n) is 9.89. The molecular formula is C22H22N4O3. The van der Waals surface area contributed by atoms with E-state index in [1.165, 1.54) is 12.8 Å². The number of para-hydroxylation sites is 2. The second-order valence-corrected chi connectivity index (χ2v) is 7.98. The summed E-state index contributed by atoms with van der Waals surface area (Å²) in [6.45, 7) is 3.12. The van der Waals surface area contributed by atoms with Gasteiger partial charge in [0.05, 0.1) is 11.4 Å². The summed E-state index contributed by atoms with van der Waals surface area (Å²) in [5.74, 6) is -0.462. The van der Waals surface area contributed by atoms with E-state index in [0.29, 0.717) is 23.7 Å². The summed E-state index contributed by atoms with van der Waals surface area (Å²) in [5.41, 5.74) is 2.12. The largest absolute Gasteiger partial charge is 0.365 e. The zero-order valence-corrected chi connectivity index (χ0v) is 16.1. The van der Waals surface area contributed by atoms with E-state index in [4.69, 9.17) is 0 Å². The lowest BCUT2D eigenvalue weighted by atomic mass is 9.91. The van der Waals surface area contributed by atoms with Crippen molar-refractivity contribution in [1.29, 1.82) is 0 Å². The Morgan fingerprint density at radius 2 is 1.69 bits per heavy atom. The fourth-order valence-electron chi connectivity index (χ4n) is 4.21. The van der Waals surface area contributed by atoms with E-state index < -0.39 is 17.5 Å². The summed E-state index contributed by atoms with van der Waals surface area (Å²) in [7, 11) is 0. The third-order valence-electron chi connectivity index (χ3n) is 6.03. The van der Waals surface area contributed by atoms with Crippen LogP contribution in [0.25, 0.3) is 0 Å². The maximum absolute atomic E-state index is 13.2. The predicted octanol–water partition coefficient (Wildman–Crippen LogP) is 2.37. The zero-order chi connectivity index (χ0) is 20.2. The topological polar surface area (TPSA) is 81.8 Å². The van der Waals surface area contributed by atoms with Crippen LogP contribution in [0, 0.1) is 0 Å². The Morgan fingerprint density at radius 1 is 1.00 bits per heavy atom. The quantitative estimate of drug-likeness (QED) is 0.789. The van der Waals surface area contributed by atoms with Crippen LogP contribution in [-0.2, 0) is 10.3 Å².